The molecule has 0 saturated carbocycles. The summed E-state index contributed by atoms with van der Waals surface area (Å²) in [5.41, 5.74) is 0. The van der Waals surface area contributed by atoms with Gasteiger partial charge in [-0.2, -0.15) is 0 Å². The van der Waals surface area contributed by atoms with Gasteiger partial charge < -0.3 is 10.1 Å². The summed E-state index contributed by atoms with van der Waals surface area (Å²) in [6.45, 7) is 7.62. The Morgan fingerprint density at radius 1 is 1.31 bits per heavy atom. The van der Waals surface area contributed by atoms with Gasteiger partial charge in [0, 0.05) is 39.3 Å². The Bertz CT molecular complexity index is 110. The first-order valence-electron chi connectivity index (χ1n) is 4.28. The fraction of sp³-hybridized carbons (Fsp3) is 1.00. The van der Waals surface area contributed by atoms with Crippen LogP contribution in [0, 0.1) is 0 Å². The van der Waals surface area contributed by atoms with E-state index in [1.165, 1.54) is 0 Å². The van der Waals surface area contributed by atoms with Crippen LogP contribution in [0.4, 0.5) is 0 Å². The van der Waals surface area contributed by atoms with E-state index in [9.17, 15) is 0 Å². The first-order chi connectivity index (χ1) is 5.34. The molecule has 0 spiro atoms. The summed E-state index contributed by atoms with van der Waals surface area (Å²) in [5, 5.41) is 3.33. The minimum absolute atomic E-state index is 0. The quantitative estimate of drug-likeness (QED) is 0.776. The number of ether oxygens (including phenoxy) is 1. The molecule has 0 unspecified atom stereocenters. The van der Waals surface area contributed by atoms with Crippen molar-refractivity contribution in [1.29, 1.82) is 0 Å². The summed E-state index contributed by atoms with van der Waals surface area (Å²) in [7, 11) is 1.76. The smallest absolute Gasteiger partial charge is 0.0615 e. The third-order valence-corrected chi connectivity index (χ3v) is 2.18. The molecule has 0 aromatic heterocycles. The SMILES string of the molecule is COC[C@H](C)N1CCNCC1.Cl.Cl. The van der Waals surface area contributed by atoms with E-state index in [1.54, 1.807) is 7.11 Å². The van der Waals surface area contributed by atoms with Gasteiger partial charge in [0.15, 0.2) is 0 Å². The van der Waals surface area contributed by atoms with Crippen LogP contribution in [0.3, 0.4) is 0 Å². The molecule has 13 heavy (non-hydrogen) atoms. The van der Waals surface area contributed by atoms with Crippen LogP contribution in [-0.4, -0.2) is 50.8 Å². The molecule has 0 amide bonds. The monoisotopic (exact) mass is 230 g/mol. The van der Waals surface area contributed by atoms with Gasteiger partial charge in [-0.15, -0.1) is 24.8 Å². The third kappa shape index (κ3) is 5.70. The van der Waals surface area contributed by atoms with Crippen molar-refractivity contribution in [3.05, 3.63) is 0 Å². The molecular weight excluding hydrogens is 211 g/mol. The Morgan fingerprint density at radius 2 is 1.85 bits per heavy atom. The fourth-order valence-corrected chi connectivity index (χ4v) is 1.47. The summed E-state index contributed by atoms with van der Waals surface area (Å²) in [5.74, 6) is 0. The molecule has 0 radical (unpaired) electrons. The Hall–Kier alpha value is 0.460. The van der Waals surface area contributed by atoms with Crippen LogP contribution in [-0.2, 0) is 4.74 Å². The number of hydrogen-bond acceptors (Lipinski definition) is 3. The average molecular weight is 231 g/mol. The second-order valence-electron chi connectivity index (χ2n) is 3.09. The molecule has 1 N–H and O–H groups in total. The number of nitrogens with zero attached hydrogens (tertiary/aromatic N) is 1. The van der Waals surface area contributed by atoms with Crippen molar-refractivity contribution in [3.8, 4) is 0 Å². The Kier molecular flexibility index (Phi) is 11.1. The highest BCUT2D eigenvalue weighted by Gasteiger charge is 2.15. The third-order valence-electron chi connectivity index (χ3n) is 2.18. The van der Waals surface area contributed by atoms with E-state index in [1.807, 2.05) is 0 Å². The molecule has 1 atom stereocenters. The molecular formula is C8H20Cl2N2O. The molecule has 1 saturated heterocycles. The van der Waals surface area contributed by atoms with E-state index >= 15 is 0 Å². The minimum atomic E-state index is 0. The van der Waals surface area contributed by atoms with Gasteiger partial charge in [0.2, 0.25) is 0 Å². The van der Waals surface area contributed by atoms with E-state index in [4.69, 9.17) is 4.74 Å². The number of methoxy groups -OCH3 is 1. The zero-order valence-electron chi connectivity index (χ0n) is 8.28. The van der Waals surface area contributed by atoms with Crippen LogP contribution in [0.5, 0.6) is 0 Å². The molecule has 5 heteroatoms. The van der Waals surface area contributed by atoms with Crippen LogP contribution in [0.1, 0.15) is 6.92 Å². The van der Waals surface area contributed by atoms with Crippen LogP contribution in [0.25, 0.3) is 0 Å². The molecule has 0 bridgehead atoms. The van der Waals surface area contributed by atoms with Gasteiger partial charge in [-0.05, 0) is 6.92 Å². The van der Waals surface area contributed by atoms with Crippen molar-refractivity contribution < 1.29 is 4.74 Å². The lowest BCUT2D eigenvalue weighted by atomic mass is 10.2. The van der Waals surface area contributed by atoms with Gasteiger partial charge >= 0.3 is 0 Å². The van der Waals surface area contributed by atoms with Crippen molar-refractivity contribution in [2.24, 2.45) is 0 Å². The van der Waals surface area contributed by atoms with Gasteiger partial charge in [-0.1, -0.05) is 0 Å². The van der Waals surface area contributed by atoms with E-state index < -0.39 is 0 Å². The first-order valence-corrected chi connectivity index (χ1v) is 4.28. The lowest BCUT2D eigenvalue weighted by molar-refractivity contribution is 0.0909. The number of halogens is 2. The summed E-state index contributed by atoms with van der Waals surface area (Å²) >= 11 is 0. The zero-order valence-corrected chi connectivity index (χ0v) is 9.92. The standard InChI is InChI=1S/C8H18N2O.2ClH/c1-8(7-11-2)10-5-3-9-4-6-10;;/h8-9H,3-7H2,1-2H3;2*1H/t8-;;/m0../s1. The molecule has 3 nitrogen and oxygen atoms in total. The zero-order chi connectivity index (χ0) is 8.10. The van der Waals surface area contributed by atoms with Crippen molar-refractivity contribution in [2.45, 2.75) is 13.0 Å². The summed E-state index contributed by atoms with van der Waals surface area (Å²) in [6, 6.07) is 0.571. The van der Waals surface area contributed by atoms with Crippen LogP contribution in [0.2, 0.25) is 0 Å². The van der Waals surface area contributed by atoms with Crippen LogP contribution in [0.15, 0.2) is 0 Å². The predicted molar refractivity (Wildman–Crippen MR) is 60.3 cm³/mol. The number of hydrogen-bond donors (Lipinski definition) is 1. The molecule has 0 aliphatic carbocycles. The largest absolute Gasteiger partial charge is 0.383 e. The molecule has 1 heterocycles. The fourth-order valence-electron chi connectivity index (χ4n) is 1.47. The van der Waals surface area contributed by atoms with Crippen LogP contribution >= 0.6 is 24.8 Å². The predicted octanol–water partition coefficient (Wildman–Crippen LogP) is 0.770. The molecule has 0 aromatic carbocycles. The van der Waals surface area contributed by atoms with Crippen molar-refractivity contribution in [1.82, 2.24) is 10.2 Å². The van der Waals surface area contributed by atoms with Gasteiger partial charge in [-0.25, -0.2) is 0 Å². The molecule has 82 valence electrons. The normalized spacial score (nSPS) is 19.8. The maximum absolute atomic E-state index is 5.09. The van der Waals surface area contributed by atoms with E-state index in [0.29, 0.717) is 6.04 Å². The minimum Gasteiger partial charge on any atom is -0.383 e. The highest BCUT2D eigenvalue weighted by molar-refractivity contribution is 5.85. The van der Waals surface area contributed by atoms with E-state index in [-0.39, 0.29) is 24.8 Å². The highest BCUT2D eigenvalue weighted by Crippen LogP contribution is 2.00. The second kappa shape index (κ2) is 9.03. The number of piperazine rings is 1. The molecule has 1 rings (SSSR count). The summed E-state index contributed by atoms with van der Waals surface area (Å²) in [4.78, 5) is 2.46. The maximum atomic E-state index is 5.09. The number of rotatable bonds is 3. The Balaban J connectivity index is 0. The first kappa shape index (κ1) is 15.9. The van der Waals surface area contributed by atoms with Gasteiger partial charge in [0.05, 0.1) is 6.61 Å². The van der Waals surface area contributed by atoms with Crippen molar-refractivity contribution >= 4 is 24.8 Å². The molecule has 0 aromatic rings. The average Bonchev–Trinajstić information content (AvgIpc) is 2.07. The second-order valence-corrected chi connectivity index (χ2v) is 3.09. The van der Waals surface area contributed by atoms with E-state index in [2.05, 4.69) is 17.1 Å². The topological polar surface area (TPSA) is 24.5 Å². The number of nitrogens with one attached hydrogen (secondary N) is 1. The maximum Gasteiger partial charge on any atom is 0.0615 e. The molecule has 1 aliphatic rings. The van der Waals surface area contributed by atoms with Crippen molar-refractivity contribution in [2.75, 3.05) is 39.9 Å². The Labute approximate surface area is 93.0 Å². The van der Waals surface area contributed by atoms with Gasteiger partial charge in [-0.3, -0.25) is 4.90 Å². The van der Waals surface area contributed by atoms with Gasteiger partial charge in [0.25, 0.3) is 0 Å². The summed E-state index contributed by atoms with van der Waals surface area (Å²) in [6.07, 6.45) is 0. The van der Waals surface area contributed by atoms with Crippen LogP contribution < -0.4 is 5.32 Å². The Morgan fingerprint density at radius 3 is 2.31 bits per heavy atom. The lowest BCUT2D eigenvalue weighted by Crippen LogP contribution is -2.48. The summed E-state index contributed by atoms with van der Waals surface area (Å²) < 4.78 is 5.09. The molecule has 1 fully saturated rings. The lowest BCUT2D eigenvalue weighted by Gasteiger charge is -2.32. The van der Waals surface area contributed by atoms with Gasteiger partial charge in [0.1, 0.15) is 0 Å². The highest BCUT2D eigenvalue weighted by atomic mass is 35.5. The van der Waals surface area contributed by atoms with E-state index in [0.717, 1.165) is 32.8 Å². The van der Waals surface area contributed by atoms with Crippen molar-refractivity contribution in [3.63, 3.8) is 0 Å². The molecule has 1 aliphatic heterocycles.